The Labute approximate surface area is 127 Å². The highest BCUT2D eigenvalue weighted by Gasteiger charge is 2.29. The number of carbonyl (C=O) groups is 1. The fourth-order valence-electron chi connectivity index (χ4n) is 2.76. The molecule has 2 aliphatic heterocycles. The van der Waals surface area contributed by atoms with Gasteiger partial charge >= 0.3 is 6.09 Å². The normalized spacial score (nSPS) is 28.5. The van der Waals surface area contributed by atoms with Gasteiger partial charge < -0.3 is 19.7 Å². The van der Waals surface area contributed by atoms with Crippen LogP contribution in [0.2, 0.25) is 0 Å². The summed E-state index contributed by atoms with van der Waals surface area (Å²) in [7, 11) is 0. The largest absolute Gasteiger partial charge is 0.444 e. The summed E-state index contributed by atoms with van der Waals surface area (Å²) >= 11 is 0. The molecular weight excluding hydrogens is 270 g/mol. The number of amides is 1. The Balaban J connectivity index is 1.84. The minimum Gasteiger partial charge on any atom is -0.444 e. The highest BCUT2D eigenvalue weighted by atomic mass is 16.6. The van der Waals surface area contributed by atoms with E-state index in [0.29, 0.717) is 25.2 Å². The van der Waals surface area contributed by atoms with Crippen LogP contribution in [0, 0.1) is 0 Å². The maximum absolute atomic E-state index is 12.2. The molecule has 6 nitrogen and oxygen atoms in total. The Bertz CT molecular complexity index is 357. The van der Waals surface area contributed by atoms with Crippen molar-refractivity contribution in [3.05, 3.63) is 0 Å². The highest BCUT2D eigenvalue weighted by Crippen LogP contribution is 2.13. The summed E-state index contributed by atoms with van der Waals surface area (Å²) in [6, 6.07) is 0.740. The van der Waals surface area contributed by atoms with E-state index in [2.05, 4.69) is 17.1 Å². The van der Waals surface area contributed by atoms with Gasteiger partial charge in [0.2, 0.25) is 0 Å². The first-order valence-corrected chi connectivity index (χ1v) is 7.88. The third-order valence-electron chi connectivity index (χ3n) is 3.87. The zero-order chi connectivity index (χ0) is 15.5. The standard InChI is InChI=1S/C15H29N3O3/c1-12-11-20-8-7-17(12)9-13-10-18(6-5-16-13)14(19)21-15(2,3)4/h12-13,16H,5-11H2,1-4H3. The zero-order valence-electron chi connectivity index (χ0n) is 13.7. The first-order chi connectivity index (χ1) is 9.85. The molecule has 1 N–H and O–H groups in total. The van der Waals surface area contributed by atoms with Gasteiger partial charge in [0.25, 0.3) is 0 Å². The molecule has 21 heavy (non-hydrogen) atoms. The SMILES string of the molecule is CC1COCCN1CC1CN(C(=O)OC(C)(C)C)CCN1. The Hall–Kier alpha value is -0.850. The number of morpholine rings is 1. The van der Waals surface area contributed by atoms with Crippen LogP contribution in [0.3, 0.4) is 0 Å². The second-order valence-electron chi connectivity index (χ2n) is 7.00. The van der Waals surface area contributed by atoms with Gasteiger partial charge in [0.1, 0.15) is 5.60 Å². The fourth-order valence-corrected chi connectivity index (χ4v) is 2.76. The number of hydrogen-bond acceptors (Lipinski definition) is 5. The molecule has 2 fully saturated rings. The van der Waals surface area contributed by atoms with Gasteiger partial charge in [-0.25, -0.2) is 4.79 Å². The second-order valence-corrected chi connectivity index (χ2v) is 7.00. The lowest BCUT2D eigenvalue weighted by molar-refractivity contribution is -0.0112. The van der Waals surface area contributed by atoms with Crippen molar-refractivity contribution in [2.24, 2.45) is 0 Å². The molecule has 0 aliphatic carbocycles. The Morgan fingerprint density at radius 2 is 2.14 bits per heavy atom. The average Bonchev–Trinajstić information content (AvgIpc) is 2.40. The summed E-state index contributed by atoms with van der Waals surface area (Å²) in [5.74, 6) is 0. The molecule has 122 valence electrons. The Morgan fingerprint density at radius 3 is 2.81 bits per heavy atom. The van der Waals surface area contributed by atoms with E-state index in [1.54, 1.807) is 0 Å². The average molecular weight is 299 g/mol. The number of carbonyl (C=O) groups excluding carboxylic acids is 1. The molecule has 0 aromatic rings. The van der Waals surface area contributed by atoms with Crippen LogP contribution >= 0.6 is 0 Å². The summed E-state index contributed by atoms with van der Waals surface area (Å²) in [6.07, 6.45) is -0.205. The third-order valence-corrected chi connectivity index (χ3v) is 3.87. The van der Waals surface area contributed by atoms with Crippen LogP contribution in [0.15, 0.2) is 0 Å². The van der Waals surface area contributed by atoms with Crippen molar-refractivity contribution in [1.29, 1.82) is 0 Å². The Morgan fingerprint density at radius 1 is 1.38 bits per heavy atom. The van der Waals surface area contributed by atoms with Gasteiger partial charge in [0.05, 0.1) is 13.2 Å². The summed E-state index contributed by atoms with van der Waals surface area (Å²) < 4.78 is 10.9. The van der Waals surface area contributed by atoms with Crippen molar-refractivity contribution in [3.63, 3.8) is 0 Å². The number of hydrogen-bond donors (Lipinski definition) is 1. The van der Waals surface area contributed by atoms with Crippen molar-refractivity contribution in [3.8, 4) is 0 Å². The van der Waals surface area contributed by atoms with Gasteiger partial charge in [-0.2, -0.15) is 0 Å². The van der Waals surface area contributed by atoms with Crippen LogP contribution < -0.4 is 5.32 Å². The van der Waals surface area contributed by atoms with E-state index in [1.165, 1.54) is 0 Å². The van der Waals surface area contributed by atoms with Crippen LogP contribution in [0.4, 0.5) is 4.79 Å². The molecule has 1 amide bonds. The first-order valence-electron chi connectivity index (χ1n) is 7.88. The van der Waals surface area contributed by atoms with Gasteiger partial charge in [-0.15, -0.1) is 0 Å². The quantitative estimate of drug-likeness (QED) is 0.821. The monoisotopic (exact) mass is 299 g/mol. The van der Waals surface area contributed by atoms with Crippen molar-refractivity contribution >= 4 is 6.09 Å². The zero-order valence-corrected chi connectivity index (χ0v) is 13.7. The van der Waals surface area contributed by atoms with Crippen LogP contribution in [-0.2, 0) is 9.47 Å². The fraction of sp³-hybridized carbons (Fsp3) is 0.933. The molecule has 2 heterocycles. The van der Waals surface area contributed by atoms with E-state index >= 15 is 0 Å². The maximum Gasteiger partial charge on any atom is 0.410 e. The Kier molecular flexibility index (Phi) is 5.46. The first kappa shape index (κ1) is 16.5. The molecule has 0 bridgehead atoms. The minimum atomic E-state index is -0.434. The predicted molar refractivity (Wildman–Crippen MR) is 81.5 cm³/mol. The van der Waals surface area contributed by atoms with Gasteiger partial charge in [0.15, 0.2) is 0 Å². The van der Waals surface area contributed by atoms with Crippen molar-refractivity contribution in [1.82, 2.24) is 15.1 Å². The topological polar surface area (TPSA) is 54.0 Å². The second kappa shape index (κ2) is 6.94. The molecule has 2 aliphatic rings. The summed E-state index contributed by atoms with van der Waals surface area (Å²) in [6.45, 7) is 13.6. The van der Waals surface area contributed by atoms with Crippen molar-refractivity contribution in [2.75, 3.05) is 45.9 Å². The number of rotatable bonds is 2. The lowest BCUT2D eigenvalue weighted by atomic mass is 10.1. The summed E-state index contributed by atoms with van der Waals surface area (Å²) in [4.78, 5) is 16.4. The van der Waals surface area contributed by atoms with Crippen LogP contribution in [-0.4, -0.2) is 79.5 Å². The highest BCUT2D eigenvalue weighted by molar-refractivity contribution is 5.68. The summed E-state index contributed by atoms with van der Waals surface area (Å²) in [5, 5.41) is 3.50. The molecule has 0 radical (unpaired) electrons. The number of nitrogens with zero attached hydrogens (tertiary/aromatic N) is 2. The maximum atomic E-state index is 12.2. The van der Waals surface area contributed by atoms with Crippen LogP contribution in [0.25, 0.3) is 0 Å². The van der Waals surface area contributed by atoms with Gasteiger partial charge in [-0.1, -0.05) is 0 Å². The molecule has 6 heteroatoms. The predicted octanol–water partition coefficient (Wildman–Crippen LogP) is 0.916. The molecule has 0 saturated carbocycles. The third kappa shape index (κ3) is 5.13. The molecule has 2 unspecified atom stereocenters. The van der Waals surface area contributed by atoms with E-state index in [-0.39, 0.29) is 6.09 Å². The van der Waals surface area contributed by atoms with E-state index in [9.17, 15) is 4.79 Å². The van der Waals surface area contributed by atoms with Crippen LogP contribution in [0.1, 0.15) is 27.7 Å². The molecule has 2 atom stereocenters. The van der Waals surface area contributed by atoms with E-state index in [0.717, 1.165) is 32.8 Å². The van der Waals surface area contributed by atoms with Gasteiger partial charge in [-0.05, 0) is 27.7 Å². The molecule has 0 aromatic heterocycles. The number of piperazine rings is 1. The van der Waals surface area contributed by atoms with Gasteiger partial charge in [-0.3, -0.25) is 4.90 Å². The van der Waals surface area contributed by atoms with E-state index in [4.69, 9.17) is 9.47 Å². The van der Waals surface area contributed by atoms with Gasteiger partial charge in [0, 0.05) is 44.8 Å². The lowest BCUT2D eigenvalue weighted by Gasteiger charge is -2.40. The molecule has 0 aromatic carbocycles. The molecule has 2 rings (SSSR count). The number of nitrogens with one attached hydrogen (secondary N) is 1. The summed E-state index contributed by atoms with van der Waals surface area (Å²) in [5.41, 5.74) is -0.434. The lowest BCUT2D eigenvalue weighted by Crippen LogP contribution is -2.59. The van der Waals surface area contributed by atoms with E-state index in [1.807, 2.05) is 25.7 Å². The molecular formula is C15H29N3O3. The smallest absolute Gasteiger partial charge is 0.410 e. The minimum absolute atomic E-state index is 0.205. The molecule has 2 saturated heterocycles. The van der Waals surface area contributed by atoms with Crippen molar-refractivity contribution in [2.45, 2.75) is 45.4 Å². The number of ether oxygens (including phenoxy) is 2. The van der Waals surface area contributed by atoms with Crippen molar-refractivity contribution < 1.29 is 14.3 Å². The van der Waals surface area contributed by atoms with E-state index < -0.39 is 5.60 Å². The molecule has 0 spiro atoms. The van der Waals surface area contributed by atoms with Crippen LogP contribution in [0.5, 0.6) is 0 Å².